The molecule has 0 bridgehead atoms. The molecule has 1 aromatic carbocycles. The summed E-state index contributed by atoms with van der Waals surface area (Å²) in [6.07, 6.45) is 0.341. The molecule has 2 heterocycles. The fraction of sp³-hybridized carbons (Fsp3) is 0.556. The Bertz CT molecular complexity index is 943. The van der Waals surface area contributed by atoms with Crippen LogP contribution < -0.4 is 4.90 Å². The molecule has 3 rings (SSSR count). The molecule has 0 aromatic heterocycles. The minimum Gasteiger partial charge on any atom is -0.452 e. The second-order valence-electron chi connectivity index (χ2n) is 7.20. The quantitative estimate of drug-likeness (QED) is 0.345. The number of hydrogen-bond donors (Lipinski definition) is 0. The predicted octanol–water partition coefficient (Wildman–Crippen LogP) is 0.234. The number of sulfone groups is 1. The van der Waals surface area contributed by atoms with Gasteiger partial charge in [-0.3, -0.25) is 14.9 Å². The van der Waals surface area contributed by atoms with E-state index in [-0.39, 0.29) is 22.8 Å². The zero-order valence-corrected chi connectivity index (χ0v) is 17.3. The molecule has 1 amide bonds. The summed E-state index contributed by atoms with van der Waals surface area (Å²) in [5.74, 6) is -1.50. The van der Waals surface area contributed by atoms with E-state index in [1.54, 1.807) is 0 Å². The van der Waals surface area contributed by atoms with Gasteiger partial charge in [0.15, 0.2) is 16.4 Å². The Labute approximate surface area is 173 Å². The molecule has 30 heavy (non-hydrogen) atoms. The molecule has 12 heteroatoms. The van der Waals surface area contributed by atoms with Gasteiger partial charge in [0.2, 0.25) is 0 Å². The molecule has 0 unspecified atom stereocenters. The first kappa shape index (κ1) is 22.0. The van der Waals surface area contributed by atoms with Crippen molar-refractivity contribution in [3.8, 4) is 0 Å². The second-order valence-corrected chi connectivity index (χ2v) is 9.43. The summed E-state index contributed by atoms with van der Waals surface area (Å²) in [7, 11) is -1.69. The number of ether oxygens (including phenoxy) is 2. The van der Waals surface area contributed by atoms with Gasteiger partial charge >= 0.3 is 5.97 Å². The Morgan fingerprint density at radius 3 is 2.63 bits per heavy atom. The molecule has 0 radical (unpaired) electrons. The minimum atomic E-state index is -3.15. The standard InChI is InChI=1S/C18H23N3O8S/c1-19(14-4-9-30(26,27)12-14)17(22)11-29-18(23)13-2-3-15(16(10-13)21(24)25)20-5-7-28-8-6-20/h2-3,10,14H,4-9,11-12H2,1H3/t14-/m1/s1. The number of morpholine rings is 1. The van der Waals surface area contributed by atoms with Crippen molar-refractivity contribution in [2.75, 3.05) is 56.4 Å². The number of nitro groups is 1. The SMILES string of the molecule is CN(C(=O)COC(=O)c1ccc(N2CCOCC2)c([N+](=O)[O-])c1)[C@@H]1CCS(=O)(=O)C1. The zero-order valence-electron chi connectivity index (χ0n) is 16.5. The molecule has 0 spiro atoms. The molecular weight excluding hydrogens is 418 g/mol. The number of likely N-dealkylation sites (N-methyl/N-ethyl adjacent to an activating group) is 1. The first-order valence-corrected chi connectivity index (χ1v) is 11.2. The van der Waals surface area contributed by atoms with Crippen LogP contribution in [0.5, 0.6) is 0 Å². The van der Waals surface area contributed by atoms with Crippen LogP contribution in [-0.2, 0) is 24.1 Å². The normalized spacial score (nSPS) is 20.6. The Morgan fingerprint density at radius 2 is 2.03 bits per heavy atom. The second kappa shape index (κ2) is 8.96. The summed E-state index contributed by atoms with van der Waals surface area (Å²) >= 11 is 0. The lowest BCUT2D eigenvalue weighted by atomic mass is 10.1. The van der Waals surface area contributed by atoms with Gasteiger partial charge in [-0.15, -0.1) is 0 Å². The van der Waals surface area contributed by atoms with Crippen molar-refractivity contribution in [2.45, 2.75) is 12.5 Å². The van der Waals surface area contributed by atoms with Crippen LogP contribution in [0.1, 0.15) is 16.8 Å². The molecule has 1 atom stereocenters. The number of nitrogens with zero attached hydrogens (tertiary/aromatic N) is 3. The molecule has 11 nitrogen and oxygen atoms in total. The number of carbonyl (C=O) groups is 2. The van der Waals surface area contributed by atoms with E-state index in [0.717, 1.165) is 6.07 Å². The van der Waals surface area contributed by atoms with Gasteiger partial charge in [-0.2, -0.15) is 0 Å². The summed E-state index contributed by atoms with van der Waals surface area (Å²) in [6, 6.07) is 3.58. The maximum Gasteiger partial charge on any atom is 0.338 e. The monoisotopic (exact) mass is 441 g/mol. The first-order valence-electron chi connectivity index (χ1n) is 9.42. The van der Waals surface area contributed by atoms with Crippen molar-refractivity contribution in [3.63, 3.8) is 0 Å². The number of carbonyl (C=O) groups excluding carboxylic acids is 2. The van der Waals surface area contributed by atoms with E-state index in [0.29, 0.717) is 38.4 Å². The fourth-order valence-corrected chi connectivity index (χ4v) is 5.24. The van der Waals surface area contributed by atoms with Crippen LogP contribution in [0.4, 0.5) is 11.4 Å². The highest BCUT2D eigenvalue weighted by molar-refractivity contribution is 7.91. The molecule has 164 valence electrons. The Morgan fingerprint density at radius 1 is 1.33 bits per heavy atom. The first-order chi connectivity index (χ1) is 14.2. The number of anilines is 1. The molecule has 2 saturated heterocycles. The summed E-state index contributed by atoms with van der Waals surface area (Å²) in [4.78, 5) is 38.5. The maximum absolute atomic E-state index is 12.3. The average Bonchev–Trinajstić information content (AvgIpc) is 3.10. The summed E-state index contributed by atoms with van der Waals surface area (Å²) in [5.41, 5.74) is 0.113. The Kier molecular flexibility index (Phi) is 6.56. The van der Waals surface area contributed by atoms with Crippen LogP contribution in [0.25, 0.3) is 0 Å². The summed E-state index contributed by atoms with van der Waals surface area (Å²) in [5, 5.41) is 11.5. The minimum absolute atomic E-state index is 0.0221. The number of benzene rings is 1. The molecule has 0 saturated carbocycles. The molecule has 2 fully saturated rings. The van der Waals surface area contributed by atoms with Gasteiger partial charge in [-0.25, -0.2) is 13.2 Å². The predicted molar refractivity (Wildman–Crippen MR) is 106 cm³/mol. The van der Waals surface area contributed by atoms with Crippen LogP contribution in [-0.4, -0.2) is 87.6 Å². The van der Waals surface area contributed by atoms with E-state index in [4.69, 9.17) is 9.47 Å². The van der Waals surface area contributed by atoms with Crippen LogP contribution >= 0.6 is 0 Å². The van der Waals surface area contributed by atoms with Gasteiger partial charge in [0.05, 0.1) is 35.2 Å². The van der Waals surface area contributed by atoms with Gasteiger partial charge in [0, 0.05) is 32.2 Å². The van der Waals surface area contributed by atoms with E-state index in [2.05, 4.69) is 0 Å². The van der Waals surface area contributed by atoms with Crippen molar-refractivity contribution in [2.24, 2.45) is 0 Å². The molecule has 2 aliphatic rings. The van der Waals surface area contributed by atoms with Crippen molar-refractivity contribution in [3.05, 3.63) is 33.9 Å². The Hall–Kier alpha value is -2.73. The third kappa shape index (κ3) is 5.05. The van der Waals surface area contributed by atoms with Crippen molar-refractivity contribution in [1.82, 2.24) is 4.90 Å². The summed E-state index contributed by atoms with van der Waals surface area (Å²) < 4.78 is 33.4. The van der Waals surface area contributed by atoms with Crippen molar-refractivity contribution in [1.29, 1.82) is 0 Å². The largest absolute Gasteiger partial charge is 0.452 e. The number of amides is 1. The number of hydrogen-bond acceptors (Lipinski definition) is 9. The lowest BCUT2D eigenvalue weighted by Crippen LogP contribution is -2.40. The van der Waals surface area contributed by atoms with Gasteiger partial charge in [0.25, 0.3) is 11.6 Å². The van der Waals surface area contributed by atoms with E-state index in [1.807, 2.05) is 4.90 Å². The van der Waals surface area contributed by atoms with E-state index in [1.165, 1.54) is 24.1 Å². The fourth-order valence-electron chi connectivity index (χ4n) is 3.47. The van der Waals surface area contributed by atoms with E-state index >= 15 is 0 Å². The van der Waals surface area contributed by atoms with Crippen LogP contribution in [0.15, 0.2) is 18.2 Å². The number of esters is 1. The van der Waals surface area contributed by atoms with Crippen LogP contribution in [0.3, 0.4) is 0 Å². The third-order valence-electron chi connectivity index (χ3n) is 5.24. The van der Waals surface area contributed by atoms with Crippen LogP contribution in [0.2, 0.25) is 0 Å². The van der Waals surface area contributed by atoms with Crippen LogP contribution in [0, 0.1) is 10.1 Å². The maximum atomic E-state index is 12.3. The van der Waals surface area contributed by atoms with Gasteiger partial charge in [-0.05, 0) is 18.6 Å². The summed E-state index contributed by atoms with van der Waals surface area (Å²) in [6.45, 7) is 1.34. The number of rotatable bonds is 6. The van der Waals surface area contributed by atoms with Gasteiger partial charge < -0.3 is 19.3 Å². The number of nitro benzene ring substituents is 1. The highest BCUT2D eigenvalue weighted by Gasteiger charge is 2.33. The van der Waals surface area contributed by atoms with E-state index < -0.39 is 39.3 Å². The Balaban J connectivity index is 1.64. The highest BCUT2D eigenvalue weighted by atomic mass is 32.2. The smallest absolute Gasteiger partial charge is 0.338 e. The van der Waals surface area contributed by atoms with Crippen molar-refractivity contribution < 1.29 is 32.4 Å². The zero-order chi connectivity index (χ0) is 21.9. The lowest BCUT2D eigenvalue weighted by molar-refractivity contribution is -0.384. The topological polar surface area (TPSA) is 136 Å². The molecule has 0 N–H and O–H groups in total. The van der Waals surface area contributed by atoms with Gasteiger partial charge in [0.1, 0.15) is 5.69 Å². The molecule has 0 aliphatic carbocycles. The van der Waals surface area contributed by atoms with Crippen molar-refractivity contribution >= 4 is 33.1 Å². The van der Waals surface area contributed by atoms with E-state index in [9.17, 15) is 28.1 Å². The van der Waals surface area contributed by atoms with Gasteiger partial charge in [-0.1, -0.05) is 0 Å². The average molecular weight is 441 g/mol. The molecular formula is C18H23N3O8S. The highest BCUT2D eigenvalue weighted by Crippen LogP contribution is 2.30. The molecule has 2 aliphatic heterocycles. The molecule has 1 aromatic rings. The third-order valence-corrected chi connectivity index (χ3v) is 6.99. The lowest BCUT2D eigenvalue weighted by Gasteiger charge is -2.28.